The van der Waals surface area contributed by atoms with Gasteiger partial charge < -0.3 is 13.9 Å². The molecule has 1 unspecified atom stereocenters. The summed E-state index contributed by atoms with van der Waals surface area (Å²) in [5.41, 5.74) is 10.8. The van der Waals surface area contributed by atoms with Crippen LogP contribution in [0.1, 0.15) is 52.8 Å². The van der Waals surface area contributed by atoms with E-state index in [4.69, 9.17) is 25.9 Å². The third-order valence-corrected chi connectivity index (χ3v) is 11.9. The Morgan fingerprint density at radius 1 is 1.27 bits per heavy atom. The quantitative estimate of drug-likeness (QED) is 0.0709. The van der Waals surface area contributed by atoms with Crippen LogP contribution in [0.25, 0.3) is 21.6 Å². The molecule has 0 radical (unpaired) electrons. The number of imidazole rings is 1. The first-order valence-corrected chi connectivity index (χ1v) is 16.3. The van der Waals surface area contributed by atoms with Gasteiger partial charge in [-0.3, -0.25) is 4.57 Å². The second-order valence-electron chi connectivity index (χ2n) is 11.1. The van der Waals surface area contributed by atoms with Crippen LogP contribution >= 0.6 is 0 Å². The molecule has 0 spiro atoms. The van der Waals surface area contributed by atoms with Gasteiger partial charge >= 0.3 is 0 Å². The van der Waals surface area contributed by atoms with Gasteiger partial charge in [-0.25, -0.2) is 9.97 Å². The maximum absolute atomic E-state index is 8.90. The molecule has 1 aliphatic heterocycles. The summed E-state index contributed by atoms with van der Waals surface area (Å²) in [5.74, 6) is 2.90. The number of hydrogen-bond donors (Lipinski definition) is 0. The molecule has 0 bridgehead atoms. The maximum Gasteiger partial charge on any atom is 0.246 e. The van der Waals surface area contributed by atoms with Crippen molar-refractivity contribution in [2.24, 2.45) is 11.0 Å². The first-order valence-electron chi connectivity index (χ1n) is 13.4. The average Bonchev–Trinajstić information content (AvgIpc) is 3.48. The molecule has 0 N–H and O–H groups in total. The van der Waals surface area contributed by atoms with E-state index < -0.39 is 14.5 Å². The zero-order chi connectivity index (χ0) is 29.5. The van der Waals surface area contributed by atoms with Crippen LogP contribution < -0.4 is 4.74 Å². The monoisotopic (exact) mass is 561 g/mol. The Morgan fingerprint density at radius 3 is 2.52 bits per heavy atom. The number of hydrogen-bond acceptors (Lipinski definition) is 7. The zero-order valence-electron chi connectivity index (χ0n) is 24.4. The van der Waals surface area contributed by atoms with Crippen LogP contribution in [0, 0.1) is 18.3 Å². The van der Waals surface area contributed by atoms with Crippen LogP contribution in [0.5, 0.6) is 5.88 Å². The SMILES string of the molecule is C#Cc1ccccc1.C=CCOc1nc(N=[N+]=[N-])nc2c1ncn2[C@@H]1O[C@H](CC)C(C)[C@@H]1O[Si](C)(C)C(C)(C)C. The van der Waals surface area contributed by atoms with Gasteiger partial charge in [0.05, 0.1) is 18.5 Å². The normalized spacial score (nSPS) is 20.6. The van der Waals surface area contributed by atoms with E-state index in [-0.39, 0.29) is 41.6 Å². The van der Waals surface area contributed by atoms with Crippen LogP contribution in [0.15, 0.2) is 54.4 Å². The molecule has 1 saturated heterocycles. The van der Waals surface area contributed by atoms with Gasteiger partial charge in [-0.05, 0) is 47.3 Å². The molecule has 4 rings (SSSR count). The van der Waals surface area contributed by atoms with E-state index in [2.05, 4.69) is 85.2 Å². The third kappa shape index (κ3) is 6.90. The maximum atomic E-state index is 8.90. The number of azide groups is 1. The summed E-state index contributed by atoms with van der Waals surface area (Å²) in [6, 6.07) is 9.60. The van der Waals surface area contributed by atoms with E-state index in [0.29, 0.717) is 11.2 Å². The first kappa shape index (κ1) is 30.9. The largest absolute Gasteiger partial charge is 0.472 e. The van der Waals surface area contributed by atoms with Gasteiger partial charge in [-0.2, -0.15) is 4.98 Å². The Hall–Kier alpha value is -3.68. The number of ether oxygens (including phenoxy) is 2. The first-order chi connectivity index (χ1) is 19.0. The Balaban J connectivity index is 0.000000472. The highest BCUT2D eigenvalue weighted by molar-refractivity contribution is 6.74. The molecule has 3 heterocycles. The van der Waals surface area contributed by atoms with Crippen LogP contribution in [0.3, 0.4) is 0 Å². The predicted molar refractivity (Wildman–Crippen MR) is 160 cm³/mol. The van der Waals surface area contributed by atoms with Crippen molar-refractivity contribution < 1.29 is 13.9 Å². The highest BCUT2D eigenvalue weighted by atomic mass is 28.4. The second-order valence-corrected chi connectivity index (χ2v) is 15.9. The van der Waals surface area contributed by atoms with E-state index in [1.54, 1.807) is 12.4 Å². The molecule has 40 heavy (non-hydrogen) atoms. The van der Waals surface area contributed by atoms with Crippen LogP contribution in [-0.4, -0.2) is 46.7 Å². The molecular weight excluding hydrogens is 522 g/mol. The Kier molecular flexibility index (Phi) is 10.1. The summed E-state index contributed by atoms with van der Waals surface area (Å²) >= 11 is 0. The van der Waals surface area contributed by atoms with Crippen molar-refractivity contribution in [3.63, 3.8) is 0 Å². The highest BCUT2D eigenvalue weighted by Gasteiger charge is 2.49. The summed E-state index contributed by atoms with van der Waals surface area (Å²) in [6.45, 7) is 19.3. The van der Waals surface area contributed by atoms with Crippen molar-refractivity contribution >= 4 is 25.4 Å². The Morgan fingerprint density at radius 2 is 1.98 bits per heavy atom. The minimum absolute atomic E-state index is 0.0410. The van der Waals surface area contributed by atoms with Crippen molar-refractivity contribution in [3.8, 4) is 18.2 Å². The Bertz CT molecular complexity index is 1390. The molecular formula is C29H39N7O3Si. The molecule has 0 aliphatic carbocycles. The van der Waals surface area contributed by atoms with Gasteiger partial charge in [-0.15, -0.1) is 6.42 Å². The zero-order valence-corrected chi connectivity index (χ0v) is 25.4. The van der Waals surface area contributed by atoms with Crippen molar-refractivity contribution in [1.82, 2.24) is 19.5 Å². The fraction of sp³-hybridized carbons (Fsp3) is 0.483. The topological polar surface area (TPSA) is 120 Å². The van der Waals surface area contributed by atoms with Gasteiger partial charge in [0.25, 0.3) is 0 Å². The van der Waals surface area contributed by atoms with Crippen LogP contribution in [0.4, 0.5) is 5.95 Å². The smallest absolute Gasteiger partial charge is 0.246 e. The van der Waals surface area contributed by atoms with Crippen molar-refractivity contribution in [3.05, 3.63) is 65.3 Å². The summed E-state index contributed by atoms with van der Waals surface area (Å²) in [4.78, 5) is 15.9. The number of aromatic nitrogens is 4. The van der Waals surface area contributed by atoms with Gasteiger partial charge in [0.2, 0.25) is 11.8 Å². The average molecular weight is 562 g/mol. The molecule has 2 aromatic heterocycles. The molecule has 212 valence electrons. The van der Waals surface area contributed by atoms with E-state index in [9.17, 15) is 0 Å². The van der Waals surface area contributed by atoms with Crippen LogP contribution in [-0.2, 0) is 9.16 Å². The van der Waals surface area contributed by atoms with E-state index in [0.717, 1.165) is 12.0 Å². The third-order valence-electron chi connectivity index (χ3n) is 7.40. The molecule has 1 aliphatic rings. The van der Waals surface area contributed by atoms with Crippen molar-refractivity contribution in [2.75, 3.05) is 6.61 Å². The summed E-state index contributed by atoms with van der Waals surface area (Å²) in [6.07, 6.45) is 8.69. The summed E-state index contributed by atoms with van der Waals surface area (Å²) < 4.78 is 20.8. The standard InChI is InChI=1S/C21H33N7O3Si.C8H6/c1-9-11-29-18-15-17(24-20(25-18)26-27-22)28(12-23-15)19-16(13(3)14(10-2)30-19)31-32(7,8)21(4,5)6;1-2-8-6-4-3-5-7-8/h9,12-14,16,19H,1,10-11H2,2-8H3;1,3-7H/t13?,14-,16+,19-;/m1./s1. The molecule has 11 heteroatoms. The minimum atomic E-state index is -2.08. The molecule has 10 nitrogen and oxygen atoms in total. The van der Waals surface area contributed by atoms with Gasteiger partial charge in [0.1, 0.15) is 6.61 Å². The van der Waals surface area contributed by atoms with Gasteiger partial charge in [0.15, 0.2) is 25.7 Å². The van der Waals surface area contributed by atoms with Gasteiger partial charge in [0, 0.05) is 16.4 Å². The lowest BCUT2D eigenvalue weighted by Gasteiger charge is -2.40. The summed E-state index contributed by atoms with van der Waals surface area (Å²) in [5, 5.41) is 3.63. The highest BCUT2D eigenvalue weighted by Crippen LogP contribution is 2.45. The molecule has 0 saturated carbocycles. The number of nitrogens with zero attached hydrogens (tertiary/aromatic N) is 7. The number of fused-ring (bicyclic) bond motifs is 1. The molecule has 4 atom stereocenters. The van der Waals surface area contributed by atoms with Crippen LogP contribution in [0.2, 0.25) is 18.1 Å². The number of terminal acetylenes is 1. The number of benzene rings is 1. The fourth-order valence-electron chi connectivity index (χ4n) is 4.15. The molecule has 3 aromatic rings. The van der Waals surface area contributed by atoms with E-state index in [1.807, 2.05) is 34.9 Å². The lowest BCUT2D eigenvalue weighted by molar-refractivity contribution is -0.0321. The summed E-state index contributed by atoms with van der Waals surface area (Å²) in [7, 11) is -2.08. The Labute approximate surface area is 237 Å². The molecule has 1 fully saturated rings. The number of rotatable bonds is 8. The van der Waals surface area contributed by atoms with Crippen molar-refractivity contribution in [1.29, 1.82) is 0 Å². The molecule has 0 amide bonds. The van der Waals surface area contributed by atoms with E-state index >= 15 is 0 Å². The van der Waals surface area contributed by atoms with Crippen molar-refractivity contribution in [2.45, 2.75) is 77.6 Å². The predicted octanol–water partition coefficient (Wildman–Crippen LogP) is 7.33. The van der Waals surface area contributed by atoms with E-state index in [1.165, 1.54) is 0 Å². The second kappa shape index (κ2) is 13.1. The lowest BCUT2D eigenvalue weighted by atomic mass is 9.99. The lowest BCUT2D eigenvalue weighted by Crippen LogP contribution is -2.46. The molecule has 1 aromatic carbocycles. The fourth-order valence-corrected chi connectivity index (χ4v) is 5.51. The van der Waals surface area contributed by atoms with Gasteiger partial charge in [-0.1, -0.05) is 71.4 Å². The minimum Gasteiger partial charge on any atom is -0.472 e.